The quantitative estimate of drug-likeness (QED) is 0.586. The Hall–Kier alpha value is -3.80. The number of carbonyl (C=O) groups excluding carboxylic acids is 1. The van der Waals surface area contributed by atoms with Gasteiger partial charge in [0.05, 0.1) is 46.2 Å². The van der Waals surface area contributed by atoms with Crippen LogP contribution in [-0.4, -0.2) is 44.1 Å². The molecule has 1 saturated heterocycles. The predicted molar refractivity (Wildman–Crippen MR) is 119 cm³/mol. The first-order valence-corrected chi connectivity index (χ1v) is 11.2. The molecule has 7 nitrogen and oxygen atoms in total. The van der Waals surface area contributed by atoms with Crippen molar-refractivity contribution in [2.45, 2.75) is 38.0 Å². The molecule has 34 heavy (non-hydrogen) atoms. The Kier molecular flexibility index (Phi) is 5.31. The number of nitriles is 1. The molecule has 1 aromatic carbocycles. The van der Waals surface area contributed by atoms with Gasteiger partial charge in [-0.25, -0.2) is 13.8 Å². The Morgan fingerprint density at radius 1 is 1.21 bits per heavy atom. The molecule has 3 aromatic rings. The fourth-order valence-corrected chi connectivity index (χ4v) is 4.73. The minimum Gasteiger partial charge on any atom is -0.334 e. The summed E-state index contributed by atoms with van der Waals surface area (Å²) >= 11 is 0. The highest BCUT2D eigenvalue weighted by atomic mass is 19.1. The van der Waals surface area contributed by atoms with Crippen molar-refractivity contribution in [3.8, 4) is 17.3 Å². The number of amides is 1. The first-order chi connectivity index (χ1) is 16.3. The van der Waals surface area contributed by atoms with Crippen LogP contribution in [0.5, 0.6) is 0 Å². The number of hydrogen-bond acceptors (Lipinski definition) is 6. The average Bonchev–Trinajstić information content (AvgIpc) is 2.81. The molecular formula is C25H22F2N6O. The van der Waals surface area contributed by atoms with Crippen LogP contribution in [0.4, 0.5) is 8.78 Å². The van der Waals surface area contributed by atoms with Gasteiger partial charge in [-0.15, -0.1) is 5.10 Å². The second-order valence-electron chi connectivity index (χ2n) is 9.23. The molecule has 2 atom stereocenters. The molecule has 3 heterocycles. The first-order valence-electron chi connectivity index (χ1n) is 11.2. The van der Waals surface area contributed by atoms with Crippen molar-refractivity contribution in [2.24, 2.45) is 5.92 Å². The SMILES string of the molecule is C[C@H]1CC[C@](C)(c2cncc(C(=O)N3CC(C#N)C3)n2)c2nnc(-c3c(F)cccc3F)cc21. The van der Waals surface area contributed by atoms with Crippen molar-refractivity contribution in [3.63, 3.8) is 0 Å². The Morgan fingerprint density at radius 2 is 1.94 bits per heavy atom. The van der Waals surface area contributed by atoms with Crippen molar-refractivity contribution in [3.05, 3.63) is 70.9 Å². The van der Waals surface area contributed by atoms with Crippen LogP contribution in [0.1, 0.15) is 60.0 Å². The van der Waals surface area contributed by atoms with Gasteiger partial charge in [0.1, 0.15) is 17.3 Å². The number of halogens is 2. The lowest BCUT2D eigenvalue weighted by Gasteiger charge is -2.37. The monoisotopic (exact) mass is 460 g/mol. The lowest BCUT2D eigenvalue weighted by molar-refractivity contribution is 0.0570. The molecule has 0 unspecified atom stereocenters. The largest absolute Gasteiger partial charge is 0.334 e. The number of rotatable bonds is 3. The highest BCUT2D eigenvalue weighted by Crippen LogP contribution is 2.45. The Balaban J connectivity index is 1.53. The Bertz CT molecular complexity index is 1310. The summed E-state index contributed by atoms with van der Waals surface area (Å²) in [6, 6.07) is 7.56. The van der Waals surface area contributed by atoms with Crippen LogP contribution < -0.4 is 0 Å². The number of carbonyl (C=O) groups is 1. The summed E-state index contributed by atoms with van der Waals surface area (Å²) in [6.45, 7) is 4.80. The summed E-state index contributed by atoms with van der Waals surface area (Å²) in [5.41, 5.74) is 1.59. The third-order valence-corrected chi connectivity index (χ3v) is 6.94. The standard InChI is InChI=1S/C25H22F2N6O/c1-14-6-7-25(2,21-11-29-10-20(30-21)24(34)33-12-15(9-28)13-33)23-16(14)8-19(31-32-23)22-17(26)4-3-5-18(22)27/h3-5,8,10-11,14-15H,6-7,12-13H2,1-2H3/t14-,25+/m0/s1. The molecular weight excluding hydrogens is 438 g/mol. The third-order valence-electron chi connectivity index (χ3n) is 6.94. The van der Waals surface area contributed by atoms with Crippen molar-refractivity contribution in [2.75, 3.05) is 13.1 Å². The van der Waals surface area contributed by atoms with Crippen LogP contribution in [0.3, 0.4) is 0 Å². The van der Waals surface area contributed by atoms with Crippen LogP contribution in [0.2, 0.25) is 0 Å². The molecule has 1 amide bonds. The molecule has 2 aromatic heterocycles. The zero-order valence-electron chi connectivity index (χ0n) is 18.8. The van der Waals surface area contributed by atoms with Gasteiger partial charge in [-0.05, 0) is 49.4 Å². The minimum absolute atomic E-state index is 0.105. The van der Waals surface area contributed by atoms with Gasteiger partial charge < -0.3 is 4.90 Å². The van der Waals surface area contributed by atoms with E-state index in [4.69, 9.17) is 5.26 Å². The molecule has 0 spiro atoms. The summed E-state index contributed by atoms with van der Waals surface area (Å²) < 4.78 is 28.7. The van der Waals surface area contributed by atoms with Gasteiger partial charge >= 0.3 is 0 Å². The van der Waals surface area contributed by atoms with Crippen molar-refractivity contribution in [1.82, 2.24) is 25.1 Å². The maximum Gasteiger partial charge on any atom is 0.274 e. The van der Waals surface area contributed by atoms with Gasteiger partial charge in [0.15, 0.2) is 0 Å². The number of hydrogen-bond donors (Lipinski definition) is 0. The van der Waals surface area contributed by atoms with E-state index in [0.29, 0.717) is 30.9 Å². The Morgan fingerprint density at radius 3 is 2.65 bits per heavy atom. The second-order valence-corrected chi connectivity index (χ2v) is 9.23. The number of aromatic nitrogens is 4. The van der Waals surface area contributed by atoms with Gasteiger partial charge in [-0.3, -0.25) is 9.78 Å². The molecule has 0 N–H and O–H groups in total. The lowest BCUT2D eigenvalue weighted by atomic mass is 9.69. The molecule has 0 bridgehead atoms. The van der Waals surface area contributed by atoms with Crippen LogP contribution >= 0.6 is 0 Å². The Labute approximate surface area is 195 Å². The summed E-state index contributed by atoms with van der Waals surface area (Å²) in [5, 5.41) is 17.6. The van der Waals surface area contributed by atoms with E-state index in [1.54, 1.807) is 17.2 Å². The topological polar surface area (TPSA) is 95.7 Å². The molecule has 1 fully saturated rings. The van der Waals surface area contributed by atoms with Gasteiger partial charge in [0.2, 0.25) is 0 Å². The maximum absolute atomic E-state index is 14.4. The molecule has 0 saturated carbocycles. The van der Waals surface area contributed by atoms with Gasteiger partial charge in [0.25, 0.3) is 5.91 Å². The van der Waals surface area contributed by atoms with E-state index in [9.17, 15) is 13.6 Å². The highest BCUT2D eigenvalue weighted by Gasteiger charge is 2.41. The zero-order valence-corrected chi connectivity index (χ0v) is 18.8. The minimum atomic E-state index is -0.692. The van der Waals surface area contributed by atoms with E-state index >= 15 is 0 Å². The predicted octanol–water partition coefficient (Wildman–Crippen LogP) is 4.01. The van der Waals surface area contributed by atoms with E-state index in [1.165, 1.54) is 24.4 Å². The summed E-state index contributed by atoms with van der Waals surface area (Å²) in [6.07, 6.45) is 4.55. The fraction of sp³-hybridized carbons (Fsp3) is 0.360. The molecule has 0 radical (unpaired) electrons. The van der Waals surface area contributed by atoms with Crippen LogP contribution in [0.15, 0.2) is 36.7 Å². The van der Waals surface area contributed by atoms with Crippen molar-refractivity contribution < 1.29 is 13.6 Å². The smallest absolute Gasteiger partial charge is 0.274 e. The second kappa shape index (κ2) is 8.20. The van der Waals surface area contributed by atoms with E-state index in [2.05, 4.69) is 26.2 Å². The first kappa shape index (κ1) is 22.0. The van der Waals surface area contributed by atoms with E-state index in [-0.39, 0.29) is 34.7 Å². The van der Waals surface area contributed by atoms with Crippen LogP contribution in [0, 0.1) is 28.9 Å². The highest BCUT2D eigenvalue weighted by molar-refractivity contribution is 5.92. The summed E-state index contributed by atoms with van der Waals surface area (Å²) in [5.74, 6) is -1.68. The van der Waals surface area contributed by atoms with Crippen molar-refractivity contribution in [1.29, 1.82) is 5.26 Å². The molecule has 172 valence electrons. The molecule has 9 heteroatoms. The van der Waals surface area contributed by atoms with Gasteiger partial charge in [-0.2, -0.15) is 10.4 Å². The van der Waals surface area contributed by atoms with Crippen LogP contribution in [-0.2, 0) is 5.41 Å². The van der Waals surface area contributed by atoms with Gasteiger partial charge in [0, 0.05) is 19.3 Å². The average molecular weight is 460 g/mol. The number of fused-ring (bicyclic) bond motifs is 1. The third kappa shape index (κ3) is 3.50. The normalized spacial score (nSPS) is 22.0. The van der Waals surface area contributed by atoms with E-state index in [0.717, 1.165) is 12.0 Å². The molecule has 2 aliphatic rings. The maximum atomic E-state index is 14.4. The summed E-state index contributed by atoms with van der Waals surface area (Å²) in [4.78, 5) is 23.3. The van der Waals surface area contributed by atoms with E-state index in [1.807, 2.05) is 13.8 Å². The van der Waals surface area contributed by atoms with Gasteiger partial charge in [-0.1, -0.05) is 13.0 Å². The lowest BCUT2D eigenvalue weighted by Crippen LogP contribution is -2.49. The number of benzene rings is 1. The number of nitrogens with zero attached hydrogens (tertiary/aromatic N) is 6. The molecule has 5 rings (SSSR count). The summed E-state index contributed by atoms with van der Waals surface area (Å²) in [7, 11) is 0. The van der Waals surface area contributed by atoms with Crippen molar-refractivity contribution >= 4 is 5.91 Å². The molecule has 1 aliphatic heterocycles. The van der Waals surface area contributed by atoms with E-state index < -0.39 is 17.0 Å². The molecule has 1 aliphatic carbocycles. The zero-order chi connectivity index (χ0) is 24.0. The fourth-order valence-electron chi connectivity index (χ4n) is 4.73. The number of likely N-dealkylation sites (tertiary alicyclic amines) is 1. The van der Waals surface area contributed by atoms with Crippen LogP contribution in [0.25, 0.3) is 11.3 Å².